The zero-order valence-corrected chi connectivity index (χ0v) is 13.5. The molecule has 6 heteroatoms. The van der Waals surface area contributed by atoms with Gasteiger partial charge in [-0.05, 0) is 31.9 Å². The van der Waals surface area contributed by atoms with Gasteiger partial charge in [-0.25, -0.2) is 15.0 Å². The smallest absolute Gasteiger partial charge is 0.142 e. The third-order valence-corrected chi connectivity index (χ3v) is 4.39. The zero-order valence-electron chi connectivity index (χ0n) is 13.5. The number of rotatable bonds is 3. The summed E-state index contributed by atoms with van der Waals surface area (Å²) < 4.78 is 0. The van der Waals surface area contributed by atoms with Gasteiger partial charge < -0.3 is 9.80 Å². The van der Waals surface area contributed by atoms with Crippen molar-refractivity contribution in [3.63, 3.8) is 0 Å². The van der Waals surface area contributed by atoms with E-state index in [0.717, 1.165) is 43.1 Å². The van der Waals surface area contributed by atoms with Crippen molar-refractivity contribution in [2.45, 2.75) is 25.8 Å². The van der Waals surface area contributed by atoms with Gasteiger partial charge in [0.05, 0.1) is 0 Å². The molecule has 1 fully saturated rings. The number of pyridine rings is 1. The summed E-state index contributed by atoms with van der Waals surface area (Å²) in [7, 11) is 2.10. The van der Waals surface area contributed by atoms with Gasteiger partial charge in [0, 0.05) is 49.8 Å². The predicted octanol–water partition coefficient (Wildman–Crippen LogP) is 2.16. The van der Waals surface area contributed by atoms with Gasteiger partial charge in [-0.1, -0.05) is 0 Å². The standard InChI is InChI=1S/C17H20N6/c1-13-9-17(21-12-20-13)22(2)15-4-7-23(8-5-15)16-3-6-19-14(10-16)11-18/h3,6,9-10,12,15H,4-5,7-8H2,1-2H3. The van der Waals surface area contributed by atoms with Crippen molar-refractivity contribution in [3.05, 3.63) is 42.1 Å². The first-order chi connectivity index (χ1) is 11.2. The van der Waals surface area contributed by atoms with Crippen LogP contribution in [-0.2, 0) is 0 Å². The number of piperidine rings is 1. The largest absolute Gasteiger partial charge is 0.371 e. The SMILES string of the molecule is Cc1cc(N(C)C2CCN(c3ccnc(C#N)c3)CC2)ncn1. The highest BCUT2D eigenvalue weighted by Gasteiger charge is 2.23. The molecular weight excluding hydrogens is 288 g/mol. The molecule has 23 heavy (non-hydrogen) atoms. The van der Waals surface area contributed by atoms with Crippen LogP contribution in [0.15, 0.2) is 30.7 Å². The molecule has 0 aliphatic carbocycles. The van der Waals surface area contributed by atoms with E-state index in [0.29, 0.717) is 11.7 Å². The Kier molecular flexibility index (Phi) is 4.38. The summed E-state index contributed by atoms with van der Waals surface area (Å²) in [5, 5.41) is 8.97. The topological polar surface area (TPSA) is 68.9 Å². The first kappa shape index (κ1) is 15.2. The highest BCUT2D eigenvalue weighted by molar-refractivity contribution is 5.49. The molecule has 0 unspecified atom stereocenters. The molecule has 1 aliphatic rings. The Bertz CT molecular complexity index is 715. The van der Waals surface area contributed by atoms with Crippen LogP contribution in [0.25, 0.3) is 0 Å². The van der Waals surface area contributed by atoms with Gasteiger partial charge in [0.15, 0.2) is 0 Å². The van der Waals surface area contributed by atoms with Gasteiger partial charge in [-0.3, -0.25) is 0 Å². The lowest BCUT2D eigenvalue weighted by Crippen LogP contribution is -2.43. The quantitative estimate of drug-likeness (QED) is 0.865. The van der Waals surface area contributed by atoms with E-state index < -0.39 is 0 Å². The summed E-state index contributed by atoms with van der Waals surface area (Å²) in [4.78, 5) is 17.1. The van der Waals surface area contributed by atoms with Gasteiger partial charge in [0.1, 0.15) is 23.9 Å². The van der Waals surface area contributed by atoms with E-state index in [1.54, 1.807) is 12.5 Å². The molecule has 2 aromatic rings. The number of hydrogen-bond donors (Lipinski definition) is 0. The maximum atomic E-state index is 8.97. The van der Waals surface area contributed by atoms with Gasteiger partial charge in [-0.15, -0.1) is 0 Å². The molecule has 0 aromatic carbocycles. The summed E-state index contributed by atoms with van der Waals surface area (Å²) in [6.45, 7) is 3.92. The minimum atomic E-state index is 0.470. The molecule has 0 bridgehead atoms. The number of aryl methyl sites for hydroxylation is 1. The molecule has 3 heterocycles. The summed E-state index contributed by atoms with van der Waals surface area (Å²) >= 11 is 0. The molecule has 0 N–H and O–H groups in total. The molecule has 2 aromatic heterocycles. The van der Waals surface area contributed by atoms with Crippen LogP contribution in [0.5, 0.6) is 0 Å². The summed E-state index contributed by atoms with van der Waals surface area (Å²) in [6.07, 6.45) is 5.44. The Balaban J connectivity index is 1.65. The second kappa shape index (κ2) is 6.61. The highest BCUT2D eigenvalue weighted by atomic mass is 15.2. The minimum Gasteiger partial charge on any atom is -0.371 e. The van der Waals surface area contributed by atoms with Crippen LogP contribution in [0.1, 0.15) is 24.2 Å². The van der Waals surface area contributed by atoms with Crippen LogP contribution >= 0.6 is 0 Å². The van der Waals surface area contributed by atoms with E-state index in [1.807, 2.05) is 25.1 Å². The van der Waals surface area contributed by atoms with Gasteiger partial charge in [0.25, 0.3) is 0 Å². The van der Waals surface area contributed by atoms with Crippen LogP contribution in [-0.4, -0.2) is 41.1 Å². The van der Waals surface area contributed by atoms with E-state index in [1.165, 1.54) is 0 Å². The normalized spacial score (nSPS) is 15.3. The van der Waals surface area contributed by atoms with Crippen molar-refractivity contribution in [3.8, 4) is 6.07 Å². The van der Waals surface area contributed by atoms with Gasteiger partial charge in [0.2, 0.25) is 0 Å². The predicted molar refractivity (Wildman–Crippen MR) is 89.4 cm³/mol. The van der Waals surface area contributed by atoms with Crippen molar-refractivity contribution < 1.29 is 0 Å². The van der Waals surface area contributed by atoms with E-state index >= 15 is 0 Å². The third-order valence-electron chi connectivity index (χ3n) is 4.39. The van der Waals surface area contributed by atoms with Gasteiger partial charge >= 0.3 is 0 Å². The number of nitrogens with zero attached hydrogens (tertiary/aromatic N) is 6. The van der Waals surface area contributed by atoms with E-state index in [4.69, 9.17) is 5.26 Å². The van der Waals surface area contributed by atoms with Crippen LogP contribution < -0.4 is 9.80 Å². The number of hydrogen-bond acceptors (Lipinski definition) is 6. The molecule has 3 rings (SSSR count). The second-order valence-electron chi connectivity index (χ2n) is 5.86. The molecule has 1 aliphatic heterocycles. The van der Waals surface area contributed by atoms with E-state index in [2.05, 4.69) is 37.9 Å². The molecule has 0 amide bonds. The van der Waals surface area contributed by atoms with Crippen molar-refractivity contribution in [2.75, 3.05) is 29.9 Å². The van der Waals surface area contributed by atoms with E-state index in [-0.39, 0.29) is 0 Å². The molecule has 118 valence electrons. The van der Waals surface area contributed by atoms with E-state index in [9.17, 15) is 0 Å². The first-order valence-corrected chi connectivity index (χ1v) is 7.80. The summed E-state index contributed by atoms with van der Waals surface area (Å²) in [5.74, 6) is 0.978. The Morgan fingerprint density at radius 2 is 2.00 bits per heavy atom. The first-order valence-electron chi connectivity index (χ1n) is 7.80. The number of aromatic nitrogens is 3. The second-order valence-corrected chi connectivity index (χ2v) is 5.86. The average Bonchev–Trinajstić information content (AvgIpc) is 2.61. The molecule has 1 saturated heterocycles. The lowest BCUT2D eigenvalue weighted by atomic mass is 10.0. The molecule has 0 atom stereocenters. The lowest BCUT2D eigenvalue weighted by molar-refractivity contribution is 0.480. The highest BCUT2D eigenvalue weighted by Crippen LogP contribution is 2.24. The molecule has 0 spiro atoms. The fourth-order valence-corrected chi connectivity index (χ4v) is 3.01. The van der Waals surface area contributed by atoms with Crippen LogP contribution in [0.2, 0.25) is 0 Å². The van der Waals surface area contributed by atoms with Crippen LogP contribution in [0, 0.1) is 18.3 Å². The fourth-order valence-electron chi connectivity index (χ4n) is 3.01. The average molecular weight is 308 g/mol. The molecule has 0 saturated carbocycles. The number of anilines is 2. The van der Waals surface area contributed by atoms with Crippen molar-refractivity contribution in [1.29, 1.82) is 5.26 Å². The Morgan fingerprint density at radius 1 is 1.22 bits per heavy atom. The molecule has 0 radical (unpaired) electrons. The van der Waals surface area contributed by atoms with Crippen LogP contribution in [0.3, 0.4) is 0 Å². The number of nitriles is 1. The summed E-state index contributed by atoms with van der Waals surface area (Å²) in [5.41, 5.74) is 2.54. The Labute approximate surface area is 136 Å². The maximum absolute atomic E-state index is 8.97. The van der Waals surface area contributed by atoms with Crippen LogP contribution in [0.4, 0.5) is 11.5 Å². The van der Waals surface area contributed by atoms with Crippen molar-refractivity contribution in [2.24, 2.45) is 0 Å². The third kappa shape index (κ3) is 3.39. The maximum Gasteiger partial charge on any atom is 0.142 e. The van der Waals surface area contributed by atoms with Gasteiger partial charge in [-0.2, -0.15) is 5.26 Å². The van der Waals surface area contributed by atoms with Crippen molar-refractivity contribution in [1.82, 2.24) is 15.0 Å². The lowest BCUT2D eigenvalue weighted by Gasteiger charge is -2.38. The fraction of sp³-hybridized carbons (Fsp3) is 0.412. The summed E-state index contributed by atoms with van der Waals surface area (Å²) in [6, 6.07) is 8.42. The minimum absolute atomic E-state index is 0.470. The molecule has 6 nitrogen and oxygen atoms in total. The monoisotopic (exact) mass is 308 g/mol. The molecular formula is C17H20N6. The zero-order chi connectivity index (χ0) is 16.2. The Hall–Kier alpha value is -2.68. The Morgan fingerprint density at radius 3 is 2.70 bits per heavy atom. The van der Waals surface area contributed by atoms with Crippen molar-refractivity contribution >= 4 is 11.5 Å².